The number of H-pyrrole nitrogens is 2. The molecule has 0 aliphatic heterocycles. The summed E-state index contributed by atoms with van der Waals surface area (Å²) in [5, 5.41) is 17.2. The third-order valence-corrected chi connectivity index (χ3v) is 3.21. The summed E-state index contributed by atoms with van der Waals surface area (Å²) in [7, 11) is 0. The number of hydrogen-bond donors (Lipinski definition) is 3. The highest BCUT2D eigenvalue weighted by molar-refractivity contribution is 6.14. The van der Waals surface area contributed by atoms with E-state index in [1.807, 2.05) is 18.2 Å². The van der Waals surface area contributed by atoms with Crippen LogP contribution < -0.4 is 0 Å². The van der Waals surface area contributed by atoms with E-state index < -0.39 is 5.97 Å². The molecular weight excluding hydrogens is 230 g/mol. The third-order valence-electron chi connectivity index (χ3n) is 3.21. The summed E-state index contributed by atoms with van der Waals surface area (Å²) in [4.78, 5) is 14.3. The summed E-state index contributed by atoms with van der Waals surface area (Å²) >= 11 is 0. The van der Waals surface area contributed by atoms with Gasteiger partial charge < -0.3 is 10.1 Å². The first-order valence-corrected chi connectivity index (χ1v) is 5.81. The Bertz CT molecular complexity index is 752. The molecule has 0 saturated carbocycles. The minimum atomic E-state index is -0.992. The summed E-state index contributed by atoms with van der Waals surface area (Å²) < 4.78 is 0. The highest BCUT2D eigenvalue weighted by atomic mass is 16.4. The monoisotopic (exact) mass is 243 g/mol. The molecule has 3 rings (SSSR count). The van der Waals surface area contributed by atoms with Gasteiger partial charge in [-0.05, 0) is 23.6 Å². The fraction of sp³-hybridized carbons (Fsp3) is 0.231. The Morgan fingerprint density at radius 3 is 2.83 bits per heavy atom. The topological polar surface area (TPSA) is 81.8 Å². The molecule has 0 saturated heterocycles. The smallest absolute Gasteiger partial charge is 0.354 e. The van der Waals surface area contributed by atoms with Crippen molar-refractivity contribution >= 4 is 27.9 Å². The van der Waals surface area contributed by atoms with Gasteiger partial charge in [-0.2, -0.15) is 5.10 Å². The van der Waals surface area contributed by atoms with Crippen LogP contribution in [0, 0.1) is 0 Å². The lowest BCUT2D eigenvalue weighted by molar-refractivity contribution is 0.0692. The van der Waals surface area contributed by atoms with E-state index in [0.717, 1.165) is 10.9 Å². The molecule has 0 spiro atoms. The van der Waals surface area contributed by atoms with E-state index in [2.05, 4.69) is 29.0 Å². The van der Waals surface area contributed by atoms with Crippen LogP contribution in [-0.4, -0.2) is 26.3 Å². The van der Waals surface area contributed by atoms with E-state index in [4.69, 9.17) is 5.11 Å². The van der Waals surface area contributed by atoms with Gasteiger partial charge in [-0.1, -0.05) is 19.9 Å². The second-order valence-electron chi connectivity index (χ2n) is 4.71. The molecule has 2 heterocycles. The number of nitrogens with one attached hydrogen (secondary N) is 2. The number of fused-ring (bicyclic) bond motifs is 3. The van der Waals surface area contributed by atoms with Crippen molar-refractivity contribution in [1.29, 1.82) is 0 Å². The number of benzene rings is 1. The number of aromatic nitrogens is 3. The molecule has 92 valence electrons. The van der Waals surface area contributed by atoms with Crippen molar-refractivity contribution in [2.75, 3.05) is 0 Å². The molecule has 5 nitrogen and oxygen atoms in total. The summed E-state index contributed by atoms with van der Waals surface area (Å²) in [5.74, 6) is -0.590. The van der Waals surface area contributed by atoms with E-state index in [9.17, 15) is 4.79 Å². The van der Waals surface area contributed by atoms with E-state index in [1.54, 1.807) is 0 Å². The quantitative estimate of drug-likeness (QED) is 0.647. The number of aromatic amines is 2. The molecule has 0 fully saturated rings. The summed E-state index contributed by atoms with van der Waals surface area (Å²) in [6, 6.07) is 6.05. The van der Waals surface area contributed by atoms with Crippen LogP contribution in [0.5, 0.6) is 0 Å². The first kappa shape index (κ1) is 10.8. The van der Waals surface area contributed by atoms with Gasteiger partial charge in [0.05, 0.1) is 5.39 Å². The number of hydrogen-bond acceptors (Lipinski definition) is 2. The normalized spacial score (nSPS) is 11.7. The highest BCUT2D eigenvalue weighted by Crippen LogP contribution is 2.29. The molecule has 3 N–H and O–H groups in total. The molecule has 5 heteroatoms. The van der Waals surface area contributed by atoms with Crippen LogP contribution in [-0.2, 0) is 0 Å². The maximum absolute atomic E-state index is 11.2. The molecule has 0 aliphatic rings. The molecule has 2 aromatic heterocycles. The van der Waals surface area contributed by atoms with Gasteiger partial charge in [0.1, 0.15) is 0 Å². The number of aromatic carboxylic acids is 1. The van der Waals surface area contributed by atoms with Gasteiger partial charge in [0.2, 0.25) is 0 Å². The zero-order valence-corrected chi connectivity index (χ0v) is 10.1. The Labute approximate surface area is 103 Å². The first-order chi connectivity index (χ1) is 8.58. The van der Waals surface area contributed by atoms with Gasteiger partial charge in [0, 0.05) is 10.9 Å². The van der Waals surface area contributed by atoms with Gasteiger partial charge in [-0.3, -0.25) is 5.10 Å². The van der Waals surface area contributed by atoms with Crippen molar-refractivity contribution in [3.05, 3.63) is 29.5 Å². The molecule has 1 aromatic carbocycles. The van der Waals surface area contributed by atoms with Crippen molar-refractivity contribution in [3.63, 3.8) is 0 Å². The Morgan fingerprint density at radius 1 is 1.39 bits per heavy atom. The lowest BCUT2D eigenvalue weighted by Gasteiger charge is -2.04. The highest BCUT2D eigenvalue weighted by Gasteiger charge is 2.17. The van der Waals surface area contributed by atoms with Crippen molar-refractivity contribution in [3.8, 4) is 0 Å². The second-order valence-corrected chi connectivity index (χ2v) is 4.71. The average Bonchev–Trinajstić information content (AvgIpc) is 2.85. The predicted octanol–water partition coefficient (Wildman–Crippen LogP) is 2.87. The zero-order valence-electron chi connectivity index (χ0n) is 10.1. The molecule has 3 aromatic rings. The van der Waals surface area contributed by atoms with Crippen LogP contribution in [0.2, 0.25) is 0 Å². The SMILES string of the molecule is CC(C)c1ccc2[nH]c3n[nH]c(C(=O)O)c3c2c1. The van der Waals surface area contributed by atoms with E-state index in [0.29, 0.717) is 17.0 Å². The minimum Gasteiger partial charge on any atom is -0.477 e. The van der Waals surface area contributed by atoms with Gasteiger partial charge in [-0.25, -0.2) is 4.79 Å². The Balaban J connectivity index is 2.40. The fourth-order valence-electron chi connectivity index (χ4n) is 2.21. The maximum atomic E-state index is 11.2. The van der Waals surface area contributed by atoms with Crippen LogP contribution in [0.25, 0.3) is 21.9 Å². The molecule has 0 aliphatic carbocycles. The molecule has 18 heavy (non-hydrogen) atoms. The van der Waals surface area contributed by atoms with Crippen molar-refractivity contribution < 1.29 is 9.90 Å². The van der Waals surface area contributed by atoms with Crippen molar-refractivity contribution in [1.82, 2.24) is 15.2 Å². The average molecular weight is 243 g/mol. The van der Waals surface area contributed by atoms with Crippen molar-refractivity contribution in [2.24, 2.45) is 0 Å². The lowest BCUT2D eigenvalue weighted by atomic mass is 10.0. The predicted molar refractivity (Wildman–Crippen MR) is 69.0 cm³/mol. The van der Waals surface area contributed by atoms with E-state index in [1.165, 1.54) is 5.56 Å². The Hall–Kier alpha value is -2.30. The number of carbonyl (C=O) groups is 1. The van der Waals surface area contributed by atoms with Crippen LogP contribution in [0.4, 0.5) is 0 Å². The summed E-state index contributed by atoms with van der Waals surface area (Å²) in [6.45, 7) is 4.22. The van der Waals surface area contributed by atoms with Crippen LogP contribution in [0.3, 0.4) is 0 Å². The second kappa shape index (κ2) is 3.60. The number of rotatable bonds is 2. The largest absolute Gasteiger partial charge is 0.477 e. The minimum absolute atomic E-state index is 0.136. The van der Waals surface area contributed by atoms with Gasteiger partial charge >= 0.3 is 5.97 Å². The standard InChI is InChI=1S/C13H13N3O2/c1-6(2)7-3-4-9-8(5-7)10-11(13(17)18)15-16-12(10)14-9/h3-6H,1-2H3,(H,17,18)(H2,14,15,16). The van der Waals surface area contributed by atoms with E-state index >= 15 is 0 Å². The molecular formula is C13H13N3O2. The van der Waals surface area contributed by atoms with Gasteiger partial charge in [0.15, 0.2) is 11.3 Å². The van der Waals surface area contributed by atoms with Crippen molar-refractivity contribution in [2.45, 2.75) is 19.8 Å². The summed E-state index contributed by atoms with van der Waals surface area (Å²) in [6.07, 6.45) is 0. The Kier molecular flexibility index (Phi) is 2.16. The van der Waals surface area contributed by atoms with Gasteiger partial charge in [-0.15, -0.1) is 0 Å². The first-order valence-electron chi connectivity index (χ1n) is 5.81. The maximum Gasteiger partial charge on any atom is 0.354 e. The lowest BCUT2D eigenvalue weighted by Crippen LogP contribution is -1.97. The molecule has 0 radical (unpaired) electrons. The zero-order chi connectivity index (χ0) is 12.9. The van der Waals surface area contributed by atoms with Gasteiger partial charge in [0.25, 0.3) is 0 Å². The Morgan fingerprint density at radius 2 is 2.17 bits per heavy atom. The third kappa shape index (κ3) is 1.40. The van der Waals surface area contributed by atoms with Crippen LogP contribution >= 0.6 is 0 Å². The molecule has 0 atom stereocenters. The van der Waals surface area contributed by atoms with E-state index in [-0.39, 0.29) is 5.69 Å². The molecule has 0 amide bonds. The molecule has 0 unspecified atom stereocenters. The molecule has 0 bridgehead atoms. The number of carboxylic acids is 1. The fourth-order valence-corrected chi connectivity index (χ4v) is 2.21. The van der Waals surface area contributed by atoms with Crippen LogP contribution in [0.1, 0.15) is 35.8 Å². The summed E-state index contributed by atoms with van der Waals surface area (Å²) in [5.41, 5.74) is 2.81. The van der Waals surface area contributed by atoms with Crippen LogP contribution in [0.15, 0.2) is 18.2 Å². The number of carboxylic acid groups (broad SMARTS) is 1. The number of nitrogens with zero attached hydrogens (tertiary/aromatic N) is 1.